The molecule has 3 amide bonds. The Morgan fingerprint density at radius 3 is 2.58 bits per heavy atom. The number of nitrogens with zero attached hydrogens (tertiary/aromatic N) is 1. The second-order valence-corrected chi connectivity index (χ2v) is 6.03. The highest BCUT2D eigenvalue weighted by Gasteiger charge is 2.27. The number of hydrogen-bond acceptors (Lipinski definition) is 3. The normalized spacial score (nSPS) is 15.7. The Morgan fingerprint density at radius 1 is 1.08 bits per heavy atom. The number of hydrogen-bond donors (Lipinski definition) is 2. The smallest absolute Gasteiger partial charge is 0.321 e. The lowest BCUT2D eigenvalue weighted by molar-refractivity contribution is -0.118. The first-order valence-electron chi connectivity index (χ1n) is 8.09. The van der Waals surface area contributed by atoms with E-state index in [2.05, 4.69) is 23.6 Å². The van der Waals surface area contributed by atoms with Gasteiger partial charge in [-0.2, -0.15) is 0 Å². The number of para-hydroxylation sites is 1. The van der Waals surface area contributed by atoms with Crippen LogP contribution in [0.15, 0.2) is 54.6 Å². The summed E-state index contributed by atoms with van der Waals surface area (Å²) in [6, 6.07) is 17.4. The zero-order chi connectivity index (χ0) is 16.9. The van der Waals surface area contributed by atoms with Crippen LogP contribution in [0, 0.1) is 0 Å². The van der Waals surface area contributed by atoms with Crippen molar-refractivity contribution in [2.75, 3.05) is 11.4 Å². The van der Waals surface area contributed by atoms with E-state index in [4.69, 9.17) is 0 Å². The molecular formula is C19H21N3O2. The molecule has 0 saturated heterocycles. The molecule has 2 N–H and O–H groups in total. The van der Waals surface area contributed by atoms with Gasteiger partial charge in [0.2, 0.25) is 5.91 Å². The minimum absolute atomic E-state index is 0.178. The summed E-state index contributed by atoms with van der Waals surface area (Å²) in [5, 5.41) is 5.09. The molecule has 2 aromatic rings. The highest BCUT2D eigenvalue weighted by atomic mass is 16.2. The van der Waals surface area contributed by atoms with Crippen LogP contribution in [-0.2, 0) is 17.8 Å². The van der Waals surface area contributed by atoms with Crippen LogP contribution >= 0.6 is 0 Å². The second kappa shape index (κ2) is 7.17. The fourth-order valence-electron chi connectivity index (χ4n) is 3.01. The Morgan fingerprint density at radius 2 is 1.79 bits per heavy atom. The maximum atomic E-state index is 12.2. The molecule has 0 bridgehead atoms. The highest BCUT2D eigenvalue weighted by Crippen LogP contribution is 2.31. The Balaban J connectivity index is 1.51. The molecule has 0 aromatic heterocycles. The molecule has 0 aliphatic carbocycles. The van der Waals surface area contributed by atoms with E-state index < -0.39 is 6.03 Å². The molecule has 1 atom stereocenters. The Labute approximate surface area is 141 Å². The number of carbonyl (C=O) groups excluding carboxylic acids is 2. The number of fused-ring (bicyclic) bond motifs is 1. The zero-order valence-electron chi connectivity index (χ0n) is 13.7. The molecule has 0 unspecified atom stereocenters. The zero-order valence-corrected chi connectivity index (χ0v) is 13.7. The number of nitrogens with one attached hydrogen (secondary N) is 2. The standard InChI is InChI=1S/C19H21N3O2/c1-14-11-16-9-5-6-10-17(16)22(14)13-18(23)21-19(24)20-12-15-7-3-2-4-8-15/h2-10,14H,11-13H2,1H3,(H2,20,21,23,24)/t14-/m1/s1. The monoisotopic (exact) mass is 323 g/mol. The van der Waals surface area contributed by atoms with E-state index in [1.54, 1.807) is 0 Å². The Kier molecular flexibility index (Phi) is 4.79. The third-order valence-electron chi connectivity index (χ3n) is 4.21. The number of benzene rings is 2. The van der Waals surface area contributed by atoms with Crippen LogP contribution in [0.2, 0.25) is 0 Å². The predicted octanol–water partition coefficient (Wildman–Crippen LogP) is 2.46. The van der Waals surface area contributed by atoms with Crippen LogP contribution in [0.5, 0.6) is 0 Å². The maximum Gasteiger partial charge on any atom is 0.321 e. The Bertz CT molecular complexity index is 730. The summed E-state index contributed by atoms with van der Waals surface area (Å²) in [5.74, 6) is -0.302. The SMILES string of the molecule is C[C@@H]1Cc2ccccc2N1CC(=O)NC(=O)NCc1ccccc1. The molecule has 1 heterocycles. The van der Waals surface area contributed by atoms with Gasteiger partial charge in [0.25, 0.3) is 0 Å². The van der Waals surface area contributed by atoms with E-state index in [0.717, 1.165) is 17.7 Å². The first kappa shape index (κ1) is 16.1. The highest BCUT2D eigenvalue weighted by molar-refractivity contribution is 5.96. The van der Waals surface area contributed by atoms with E-state index in [-0.39, 0.29) is 18.5 Å². The lowest BCUT2D eigenvalue weighted by atomic mass is 10.1. The lowest BCUT2D eigenvalue weighted by Crippen LogP contribution is -2.45. The number of urea groups is 1. The van der Waals surface area contributed by atoms with Gasteiger partial charge in [-0.25, -0.2) is 4.79 Å². The van der Waals surface area contributed by atoms with Gasteiger partial charge in [0.15, 0.2) is 0 Å². The van der Waals surface area contributed by atoms with Crippen LogP contribution < -0.4 is 15.5 Å². The first-order chi connectivity index (χ1) is 11.6. The molecule has 1 aliphatic heterocycles. The van der Waals surface area contributed by atoms with Gasteiger partial charge < -0.3 is 10.2 Å². The van der Waals surface area contributed by atoms with Gasteiger partial charge in [-0.15, -0.1) is 0 Å². The molecule has 0 radical (unpaired) electrons. The molecule has 24 heavy (non-hydrogen) atoms. The quantitative estimate of drug-likeness (QED) is 0.908. The third kappa shape index (κ3) is 3.74. The van der Waals surface area contributed by atoms with Gasteiger partial charge in [-0.05, 0) is 30.5 Å². The van der Waals surface area contributed by atoms with Crippen molar-refractivity contribution in [2.45, 2.75) is 25.9 Å². The average molecular weight is 323 g/mol. The molecule has 0 spiro atoms. The van der Waals surface area contributed by atoms with E-state index in [1.165, 1.54) is 5.56 Å². The van der Waals surface area contributed by atoms with Crippen LogP contribution in [0.1, 0.15) is 18.1 Å². The maximum absolute atomic E-state index is 12.2. The summed E-state index contributed by atoms with van der Waals surface area (Å²) in [7, 11) is 0. The fourth-order valence-corrected chi connectivity index (χ4v) is 3.01. The van der Waals surface area contributed by atoms with Crippen molar-refractivity contribution in [1.29, 1.82) is 0 Å². The number of imide groups is 1. The minimum atomic E-state index is -0.469. The van der Waals surface area contributed by atoms with Crippen LogP contribution in [-0.4, -0.2) is 24.5 Å². The number of amides is 3. The van der Waals surface area contributed by atoms with Gasteiger partial charge in [0.05, 0.1) is 6.54 Å². The molecule has 0 fully saturated rings. The number of rotatable bonds is 4. The third-order valence-corrected chi connectivity index (χ3v) is 4.21. The molecular weight excluding hydrogens is 302 g/mol. The van der Waals surface area contributed by atoms with Crippen molar-refractivity contribution >= 4 is 17.6 Å². The van der Waals surface area contributed by atoms with Gasteiger partial charge in [-0.1, -0.05) is 48.5 Å². The average Bonchev–Trinajstić information content (AvgIpc) is 2.90. The molecule has 5 nitrogen and oxygen atoms in total. The second-order valence-electron chi connectivity index (χ2n) is 6.03. The van der Waals surface area contributed by atoms with Crippen molar-refractivity contribution in [3.8, 4) is 0 Å². The van der Waals surface area contributed by atoms with Gasteiger partial charge in [-0.3, -0.25) is 10.1 Å². The van der Waals surface area contributed by atoms with E-state index in [1.807, 2.05) is 53.4 Å². The molecule has 2 aromatic carbocycles. The summed E-state index contributed by atoms with van der Waals surface area (Å²) in [4.78, 5) is 26.1. The van der Waals surface area contributed by atoms with Crippen molar-refractivity contribution in [3.63, 3.8) is 0 Å². The largest absolute Gasteiger partial charge is 0.359 e. The molecule has 124 valence electrons. The molecule has 0 saturated carbocycles. The van der Waals surface area contributed by atoms with Gasteiger partial charge in [0.1, 0.15) is 0 Å². The summed E-state index contributed by atoms with van der Waals surface area (Å²) in [6.07, 6.45) is 0.920. The van der Waals surface area contributed by atoms with Crippen LogP contribution in [0.25, 0.3) is 0 Å². The van der Waals surface area contributed by atoms with E-state index >= 15 is 0 Å². The molecule has 5 heteroatoms. The van der Waals surface area contributed by atoms with Gasteiger partial charge >= 0.3 is 6.03 Å². The topological polar surface area (TPSA) is 61.4 Å². The minimum Gasteiger partial charge on any atom is -0.359 e. The number of carbonyl (C=O) groups is 2. The van der Waals surface area contributed by atoms with Crippen molar-refractivity contribution in [3.05, 3.63) is 65.7 Å². The summed E-state index contributed by atoms with van der Waals surface area (Å²) < 4.78 is 0. The van der Waals surface area contributed by atoms with Crippen LogP contribution in [0.4, 0.5) is 10.5 Å². The number of anilines is 1. The van der Waals surface area contributed by atoms with Crippen molar-refractivity contribution in [1.82, 2.24) is 10.6 Å². The molecule has 3 rings (SSSR count). The fraction of sp³-hybridized carbons (Fsp3) is 0.263. The first-order valence-corrected chi connectivity index (χ1v) is 8.09. The molecule has 1 aliphatic rings. The predicted molar refractivity (Wildman–Crippen MR) is 93.8 cm³/mol. The lowest BCUT2D eigenvalue weighted by Gasteiger charge is -2.24. The van der Waals surface area contributed by atoms with E-state index in [0.29, 0.717) is 6.54 Å². The van der Waals surface area contributed by atoms with Crippen molar-refractivity contribution < 1.29 is 9.59 Å². The van der Waals surface area contributed by atoms with Crippen molar-refractivity contribution in [2.24, 2.45) is 0 Å². The Hall–Kier alpha value is -2.82. The summed E-state index contributed by atoms with van der Waals surface area (Å²) in [6.45, 7) is 2.66. The van der Waals surface area contributed by atoms with E-state index in [9.17, 15) is 9.59 Å². The summed E-state index contributed by atoms with van der Waals surface area (Å²) in [5.41, 5.74) is 3.30. The van der Waals surface area contributed by atoms with Gasteiger partial charge in [0, 0.05) is 18.3 Å². The van der Waals surface area contributed by atoms with Crippen LogP contribution in [0.3, 0.4) is 0 Å². The summed E-state index contributed by atoms with van der Waals surface area (Å²) >= 11 is 0.